The fraction of sp³-hybridized carbons (Fsp3) is 0.803. The van der Waals surface area contributed by atoms with E-state index >= 15 is 0 Å². The van der Waals surface area contributed by atoms with Gasteiger partial charge in [0.05, 0.1) is 6.61 Å². The number of ether oxygens (including phenoxy) is 5. The average Bonchev–Trinajstić information content (AvgIpc) is 3.37. The Labute approximate surface area is 443 Å². The van der Waals surface area contributed by atoms with Crippen molar-refractivity contribution in [3.8, 4) is 0 Å². The van der Waals surface area contributed by atoms with Gasteiger partial charge >= 0.3 is 23.9 Å². The number of esters is 3. The first kappa shape index (κ1) is 67.7. The molecule has 73 heavy (non-hydrogen) atoms. The molecule has 12 nitrogen and oxygen atoms in total. The SMILES string of the molecule is CC/C=C\C/C=C\C/C=C\CCCCCC(=O)OC1C(OCC(COC(=O)CCCCCCCCC/C=C\CCCCCCCC)OC(=O)CCCCCCCCCCCCCCC)OC(C(=O)O)C(O)C1O. The molecule has 0 aromatic heterocycles. The smallest absolute Gasteiger partial charge is 0.335 e. The summed E-state index contributed by atoms with van der Waals surface area (Å²) in [6, 6.07) is 0. The highest BCUT2D eigenvalue weighted by atomic mass is 16.7. The average molecular weight is 1030 g/mol. The number of carboxylic acid groups (broad SMARTS) is 1. The molecule has 0 spiro atoms. The molecule has 6 unspecified atom stereocenters. The monoisotopic (exact) mass is 1030 g/mol. The topological polar surface area (TPSA) is 175 Å². The lowest BCUT2D eigenvalue weighted by Gasteiger charge is -2.40. The van der Waals surface area contributed by atoms with Gasteiger partial charge in [-0.3, -0.25) is 14.4 Å². The molecule has 1 aliphatic rings. The number of unbranched alkanes of at least 4 members (excludes halogenated alkanes) is 28. The van der Waals surface area contributed by atoms with E-state index in [9.17, 15) is 34.5 Å². The van der Waals surface area contributed by atoms with E-state index in [1.807, 2.05) is 0 Å². The van der Waals surface area contributed by atoms with Gasteiger partial charge in [-0.1, -0.05) is 217 Å². The van der Waals surface area contributed by atoms with E-state index in [2.05, 4.69) is 69.4 Å². The minimum absolute atomic E-state index is 0.0266. The Morgan fingerprint density at radius 3 is 1.34 bits per heavy atom. The van der Waals surface area contributed by atoms with E-state index in [4.69, 9.17) is 23.7 Å². The second-order valence-electron chi connectivity index (χ2n) is 20.3. The van der Waals surface area contributed by atoms with E-state index < -0.39 is 67.3 Å². The molecule has 422 valence electrons. The van der Waals surface area contributed by atoms with Crippen LogP contribution in [0.2, 0.25) is 0 Å². The molecule has 3 N–H and O–H groups in total. The molecule has 1 saturated heterocycles. The van der Waals surface area contributed by atoms with Crippen LogP contribution in [0, 0.1) is 0 Å². The summed E-state index contributed by atoms with van der Waals surface area (Å²) in [7, 11) is 0. The number of carbonyl (C=O) groups excluding carboxylic acids is 3. The molecule has 1 heterocycles. The molecule has 1 rings (SSSR count). The van der Waals surface area contributed by atoms with Crippen molar-refractivity contribution in [1.82, 2.24) is 0 Å². The van der Waals surface area contributed by atoms with Gasteiger partial charge in [0.25, 0.3) is 0 Å². The van der Waals surface area contributed by atoms with Crippen molar-refractivity contribution in [3.63, 3.8) is 0 Å². The zero-order valence-corrected chi connectivity index (χ0v) is 46.4. The quantitative estimate of drug-likeness (QED) is 0.0228. The van der Waals surface area contributed by atoms with Gasteiger partial charge in [0.2, 0.25) is 0 Å². The maximum absolute atomic E-state index is 13.1. The first-order chi connectivity index (χ1) is 35.6. The highest BCUT2D eigenvalue weighted by molar-refractivity contribution is 5.74. The van der Waals surface area contributed by atoms with Crippen LogP contribution in [0.15, 0.2) is 48.6 Å². The summed E-state index contributed by atoms with van der Waals surface area (Å²) in [4.78, 5) is 51.1. The molecule has 0 aliphatic carbocycles. The maximum atomic E-state index is 13.1. The molecule has 0 radical (unpaired) electrons. The van der Waals surface area contributed by atoms with Crippen molar-refractivity contribution in [2.75, 3.05) is 13.2 Å². The minimum atomic E-state index is -1.91. The van der Waals surface area contributed by atoms with E-state index in [0.717, 1.165) is 83.5 Å². The van der Waals surface area contributed by atoms with Crippen LogP contribution in [0.1, 0.15) is 265 Å². The van der Waals surface area contributed by atoms with Gasteiger partial charge in [-0.05, 0) is 77.0 Å². The van der Waals surface area contributed by atoms with Crippen LogP contribution in [-0.2, 0) is 42.9 Å². The van der Waals surface area contributed by atoms with Crippen molar-refractivity contribution < 1.29 is 58.2 Å². The maximum Gasteiger partial charge on any atom is 0.335 e. The summed E-state index contributed by atoms with van der Waals surface area (Å²) in [5.41, 5.74) is 0. The largest absolute Gasteiger partial charge is 0.479 e. The van der Waals surface area contributed by atoms with Gasteiger partial charge in [0, 0.05) is 19.3 Å². The number of allylic oxidation sites excluding steroid dienone is 8. The highest BCUT2D eigenvalue weighted by Gasteiger charge is 2.50. The first-order valence-corrected chi connectivity index (χ1v) is 29.6. The third kappa shape index (κ3) is 39.7. The normalized spacial score (nSPS) is 18.6. The molecule has 0 saturated carbocycles. The summed E-state index contributed by atoms with van der Waals surface area (Å²) in [6.07, 6.45) is 46.6. The number of aliphatic hydroxyl groups excluding tert-OH is 2. The van der Waals surface area contributed by atoms with Crippen molar-refractivity contribution >= 4 is 23.9 Å². The van der Waals surface area contributed by atoms with E-state index in [1.54, 1.807) is 0 Å². The number of aliphatic carboxylic acids is 1. The number of aliphatic hydroxyl groups is 2. The van der Waals surface area contributed by atoms with E-state index in [-0.39, 0.29) is 25.9 Å². The van der Waals surface area contributed by atoms with Crippen molar-refractivity contribution in [3.05, 3.63) is 48.6 Å². The van der Waals surface area contributed by atoms with Crippen molar-refractivity contribution in [2.45, 2.75) is 302 Å². The molecule has 0 aromatic rings. The van der Waals surface area contributed by atoms with Crippen LogP contribution in [0.4, 0.5) is 0 Å². The predicted octanol–water partition coefficient (Wildman–Crippen LogP) is 15.0. The van der Waals surface area contributed by atoms with E-state index in [1.165, 1.54) is 122 Å². The van der Waals surface area contributed by atoms with Crippen LogP contribution in [0.25, 0.3) is 0 Å². The second kappa shape index (κ2) is 49.6. The Morgan fingerprint density at radius 2 is 0.863 bits per heavy atom. The molecular weight excluding hydrogens is 925 g/mol. The number of carbonyl (C=O) groups is 4. The Balaban J connectivity index is 2.69. The number of carboxylic acids is 1. The van der Waals surface area contributed by atoms with Gasteiger partial charge in [-0.2, -0.15) is 0 Å². The zero-order chi connectivity index (χ0) is 53.3. The number of hydrogen-bond donors (Lipinski definition) is 3. The van der Waals surface area contributed by atoms with Gasteiger partial charge < -0.3 is 39.0 Å². The Kier molecular flexibility index (Phi) is 45.9. The molecular formula is C61H106O12. The Hall–Kier alpha value is -3.32. The van der Waals surface area contributed by atoms with Crippen LogP contribution in [-0.4, -0.2) is 89.2 Å². The lowest BCUT2D eigenvalue weighted by molar-refractivity contribution is -0.301. The van der Waals surface area contributed by atoms with Crippen LogP contribution >= 0.6 is 0 Å². The lowest BCUT2D eigenvalue weighted by Crippen LogP contribution is -2.61. The molecule has 1 aliphatic heterocycles. The fourth-order valence-electron chi connectivity index (χ4n) is 8.85. The van der Waals surface area contributed by atoms with Crippen molar-refractivity contribution in [2.24, 2.45) is 0 Å². The van der Waals surface area contributed by atoms with Gasteiger partial charge in [-0.15, -0.1) is 0 Å². The summed E-state index contributed by atoms with van der Waals surface area (Å²) in [5.74, 6) is -3.15. The lowest BCUT2D eigenvalue weighted by atomic mass is 9.98. The van der Waals surface area contributed by atoms with Crippen LogP contribution in [0.5, 0.6) is 0 Å². The standard InChI is InChI=1S/C61H106O12/c1-4-7-10-13-16-19-22-25-26-27-28-31-32-35-38-41-44-47-53(62)69-50-52(71-54(63)48-45-42-39-36-33-29-23-20-17-14-11-8-5-2)51-70-61-59(57(66)56(65)58(73-61)60(67)68)72-55(64)49-46-43-40-37-34-30-24-21-18-15-12-9-6-3/h9,12,18,21,25-26,30,34,52,56-59,61,65-66H,4-8,10-11,13-17,19-20,22-24,27-29,31-33,35-51H2,1-3H3,(H,67,68)/b12-9-,21-18-,26-25-,34-30-. The van der Waals surface area contributed by atoms with Crippen molar-refractivity contribution in [1.29, 1.82) is 0 Å². The van der Waals surface area contributed by atoms with Gasteiger partial charge in [0.15, 0.2) is 24.6 Å². The van der Waals surface area contributed by atoms with Gasteiger partial charge in [0.1, 0.15) is 18.8 Å². The summed E-state index contributed by atoms with van der Waals surface area (Å²) >= 11 is 0. The predicted molar refractivity (Wildman–Crippen MR) is 294 cm³/mol. The second-order valence-corrected chi connectivity index (χ2v) is 20.3. The molecule has 0 amide bonds. The highest BCUT2D eigenvalue weighted by Crippen LogP contribution is 2.26. The molecule has 0 bridgehead atoms. The third-order valence-electron chi connectivity index (χ3n) is 13.4. The Bertz CT molecular complexity index is 1460. The Morgan fingerprint density at radius 1 is 0.466 bits per heavy atom. The fourth-order valence-corrected chi connectivity index (χ4v) is 8.85. The summed E-state index contributed by atoms with van der Waals surface area (Å²) in [6.45, 7) is 5.87. The summed E-state index contributed by atoms with van der Waals surface area (Å²) in [5, 5.41) is 31.4. The number of rotatable bonds is 50. The molecule has 1 fully saturated rings. The first-order valence-electron chi connectivity index (χ1n) is 29.6. The number of hydrogen-bond acceptors (Lipinski definition) is 11. The summed E-state index contributed by atoms with van der Waals surface area (Å²) < 4.78 is 28.4. The zero-order valence-electron chi connectivity index (χ0n) is 46.4. The van der Waals surface area contributed by atoms with Crippen LogP contribution < -0.4 is 0 Å². The molecule has 12 heteroatoms. The van der Waals surface area contributed by atoms with E-state index in [0.29, 0.717) is 19.3 Å². The van der Waals surface area contributed by atoms with Crippen LogP contribution in [0.3, 0.4) is 0 Å². The minimum Gasteiger partial charge on any atom is -0.479 e. The van der Waals surface area contributed by atoms with Gasteiger partial charge in [-0.25, -0.2) is 4.79 Å². The third-order valence-corrected chi connectivity index (χ3v) is 13.4. The molecule has 0 aromatic carbocycles. The molecule has 6 atom stereocenters.